The smallest absolute Gasteiger partial charge is 0.262 e. The van der Waals surface area contributed by atoms with Gasteiger partial charge in [0.05, 0.1) is 23.3 Å². The summed E-state index contributed by atoms with van der Waals surface area (Å²) >= 11 is 0. The van der Waals surface area contributed by atoms with Crippen LogP contribution in [0.2, 0.25) is 0 Å². The summed E-state index contributed by atoms with van der Waals surface area (Å²) < 4.78 is 63.4. The summed E-state index contributed by atoms with van der Waals surface area (Å²) in [5, 5.41) is 4.09. The van der Waals surface area contributed by atoms with Crippen LogP contribution in [-0.2, 0) is 10.0 Å². The number of ether oxygens (including phenoxy) is 1. The summed E-state index contributed by atoms with van der Waals surface area (Å²) in [6.45, 7) is 0. The maximum absolute atomic E-state index is 15.3. The van der Waals surface area contributed by atoms with Crippen molar-refractivity contribution >= 4 is 21.4 Å². The van der Waals surface area contributed by atoms with Gasteiger partial charge in [-0.3, -0.25) is 4.72 Å². The number of nitrogens with one attached hydrogen (secondary N) is 1. The molecule has 29 heavy (non-hydrogen) atoms. The summed E-state index contributed by atoms with van der Waals surface area (Å²) in [4.78, 5) is 7.46. The van der Waals surface area contributed by atoms with Gasteiger partial charge in [-0.15, -0.1) is 0 Å². The van der Waals surface area contributed by atoms with Crippen molar-refractivity contribution in [3.05, 3.63) is 66.6 Å². The lowest BCUT2D eigenvalue weighted by atomic mass is 10.1. The minimum Gasteiger partial charge on any atom is -0.479 e. The van der Waals surface area contributed by atoms with Crippen LogP contribution in [0.3, 0.4) is 0 Å². The Balaban J connectivity index is 1.87. The van der Waals surface area contributed by atoms with E-state index in [-0.39, 0.29) is 10.6 Å². The molecule has 1 aromatic carbocycles. The van der Waals surface area contributed by atoms with Crippen molar-refractivity contribution in [2.75, 3.05) is 11.8 Å². The molecule has 0 bridgehead atoms. The number of imidazole rings is 1. The summed E-state index contributed by atoms with van der Waals surface area (Å²) in [6.07, 6.45) is 2.98. The third kappa shape index (κ3) is 3.36. The van der Waals surface area contributed by atoms with Crippen molar-refractivity contribution in [3.63, 3.8) is 0 Å². The van der Waals surface area contributed by atoms with Crippen molar-refractivity contribution < 1.29 is 21.9 Å². The zero-order valence-electron chi connectivity index (χ0n) is 14.9. The summed E-state index contributed by atoms with van der Waals surface area (Å²) in [7, 11) is -3.05. The summed E-state index contributed by atoms with van der Waals surface area (Å²) in [5.41, 5.74) is -0.853. The van der Waals surface area contributed by atoms with E-state index in [9.17, 15) is 12.8 Å². The number of benzene rings is 1. The summed E-state index contributed by atoms with van der Waals surface area (Å²) in [6, 6.07) is 10.2. The molecule has 0 saturated carbocycles. The first-order valence-corrected chi connectivity index (χ1v) is 9.70. The van der Waals surface area contributed by atoms with Gasteiger partial charge in [0, 0.05) is 12.4 Å². The molecule has 0 unspecified atom stereocenters. The second kappa shape index (κ2) is 7.09. The molecule has 0 spiro atoms. The number of aromatic nitrogens is 4. The van der Waals surface area contributed by atoms with E-state index in [2.05, 4.69) is 19.8 Å². The maximum atomic E-state index is 15.3. The van der Waals surface area contributed by atoms with E-state index < -0.39 is 38.9 Å². The number of nitrogens with zero attached hydrogens (tertiary/aromatic N) is 4. The Morgan fingerprint density at radius 3 is 2.59 bits per heavy atom. The molecule has 8 nitrogen and oxygen atoms in total. The van der Waals surface area contributed by atoms with E-state index in [1.807, 2.05) is 0 Å². The van der Waals surface area contributed by atoms with Gasteiger partial charge in [0.15, 0.2) is 11.5 Å². The van der Waals surface area contributed by atoms with Gasteiger partial charge in [-0.05, 0) is 24.3 Å². The third-order valence-corrected chi connectivity index (χ3v) is 5.42. The van der Waals surface area contributed by atoms with Crippen LogP contribution < -0.4 is 9.46 Å². The van der Waals surface area contributed by atoms with Crippen LogP contribution in [0.15, 0.2) is 59.8 Å². The molecule has 3 aromatic heterocycles. The fourth-order valence-corrected chi connectivity index (χ4v) is 3.79. The number of halogens is 2. The molecule has 0 amide bonds. The zero-order chi connectivity index (χ0) is 20.6. The van der Waals surface area contributed by atoms with Gasteiger partial charge < -0.3 is 4.74 Å². The van der Waals surface area contributed by atoms with Gasteiger partial charge in [-0.1, -0.05) is 18.2 Å². The largest absolute Gasteiger partial charge is 0.479 e. The van der Waals surface area contributed by atoms with E-state index in [0.29, 0.717) is 5.65 Å². The number of hydrogen-bond donors (Lipinski definition) is 1. The van der Waals surface area contributed by atoms with Crippen molar-refractivity contribution in [2.24, 2.45) is 0 Å². The van der Waals surface area contributed by atoms with E-state index in [1.54, 1.807) is 6.07 Å². The molecule has 4 aromatic rings. The Labute approximate surface area is 163 Å². The monoisotopic (exact) mass is 417 g/mol. The van der Waals surface area contributed by atoms with Gasteiger partial charge >= 0.3 is 0 Å². The van der Waals surface area contributed by atoms with Gasteiger partial charge in [-0.2, -0.15) is 14.5 Å². The highest BCUT2D eigenvalue weighted by atomic mass is 32.2. The Morgan fingerprint density at radius 1 is 1.10 bits per heavy atom. The van der Waals surface area contributed by atoms with Crippen molar-refractivity contribution in [1.29, 1.82) is 0 Å². The molecule has 0 aliphatic carbocycles. The van der Waals surface area contributed by atoms with Crippen molar-refractivity contribution in [3.8, 4) is 17.1 Å². The molecule has 0 atom stereocenters. The quantitative estimate of drug-likeness (QED) is 0.502. The van der Waals surface area contributed by atoms with Crippen LogP contribution in [0.1, 0.15) is 0 Å². The number of methoxy groups -OCH3 is 1. The standard InChI is InChI=1S/C18H13F2N5O3S/c1-28-18-16(24-29(26,27)11-5-3-2-4-6-11)15(19)14(17(20)22-18)12-7-8-13-21-9-10-25(13)23-12/h2-10,24H,1H3. The number of pyridine rings is 1. The molecule has 4 rings (SSSR count). The maximum Gasteiger partial charge on any atom is 0.262 e. The Bertz CT molecular complexity index is 1310. The molecule has 148 valence electrons. The van der Waals surface area contributed by atoms with E-state index >= 15 is 4.39 Å². The fourth-order valence-electron chi connectivity index (χ4n) is 2.71. The lowest BCUT2D eigenvalue weighted by Crippen LogP contribution is -2.16. The molecular formula is C18H13F2N5O3S. The van der Waals surface area contributed by atoms with Crippen LogP contribution in [0.5, 0.6) is 5.88 Å². The predicted molar refractivity (Wildman–Crippen MR) is 99.9 cm³/mol. The number of anilines is 1. The molecular weight excluding hydrogens is 404 g/mol. The first kappa shape index (κ1) is 18.7. The van der Waals surface area contributed by atoms with Crippen LogP contribution in [-0.4, -0.2) is 35.1 Å². The summed E-state index contributed by atoms with van der Waals surface area (Å²) in [5.74, 6) is -2.96. The minimum atomic E-state index is -4.17. The molecule has 11 heteroatoms. The highest BCUT2D eigenvalue weighted by Gasteiger charge is 2.27. The molecule has 0 radical (unpaired) electrons. The van der Waals surface area contributed by atoms with Crippen LogP contribution in [0.25, 0.3) is 16.9 Å². The zero-order valence-corrected chi connectivity index (χ0v) is 15.7. The normalized spacial score (nSPS) is 11.6. The highest BCUT2D eigenvalue weighted by Crippen LogP contribution is 2.35. The lowest BCUT2D eigenvalue weighted by molar-refractivity contribution is 0.385. The van der Waals surface area contributed by atoms with Gasteiger partial charge in [0.2, 0.25) is 11.8 Å². The van der Waals surface area contributed by atoms with Crippen LogP contribution in [0, 0.1) is 11.8 Å². The number of fused-ring (bicyclic) bond motifs is 1. The van der Waals surface area contributed by atoms with Crippen molar-refractivity contribution in [1.82, 2.24) is 19.6 Å². The minimum absolute atomic E-state index is 0.0965. The predicted octanol–water partition coefficient (Wildman–Crippen LogP) is 2.88. The fraction of sp³-hybridized carbons (Fsp3) is 0.0556. The molecule has 0 saturated heterocycles. The highest BCUT2D eigenvalue weighted by molar-refractivity contribution is 7.92. The molecule has 3 heterocycles. The lowest BCUT2D eigenvalue weighted by Gasteiger charge is -2.15. The van der Waals surface area contributed by atoms with Gasteiger partial charge in [-0.25, -0.2) is 22.3 Å². The number of rotatable bonds is 5. The van der Waals surface area contributed by atoms with Crippen LogP contribution in [0.4, 0.5) is 14.5 Å². The first-order chi connectivity index (χ1) is 13.9. The topological polar surface area (TPSA) is 98.5 Å². The SMILES string of the molecule is COc1nc(F)c(-c2ccc3nccn3n2)c(F)c1NS(=O)(=O)c1ccccc1. The average Bonchev–Trinajstić information content (AvgIpc) is 3.18. The second-order valence-corrected chi connectivity index (χ2v) is 7.53. The molecule has 1 N–H and O–H groups in total. The van der Waals surface area contributed by atoms with Crippen LogP contribution >= 0.6 is 0 Å². The average molecular weight is 417 g/mol. The molecule has 0 fully saturated rings. The molecule has 0 aliphatic rings. The number of hydrogen-bond acceptors (Lipinski definition) is 6. The Morgan fingerprint density at radius 2 is 1.86 bits per heavy atom. The van der Waals surface area contributed by atoms with Crippen molar-refractivity contribution in [2.45, 2.75) is 4.90 Å². The number of sulfonamides is 1. The molecule has 0 aliphatic heterocycles. The Hall–Kier alpha value is -3.60. The van der Waals surface area contributed by atoms with E-state index in [4.69, 9.17) is 4.74 Å². The van der Waals surface area contributed by atoms with Gasteiger partial charge in [0.1, 0.15) is 5.69 Å². The third-order valence-electron chi connectivity index (χ3n) is 4.05. The second-order valence-electron chi connectivity index (χ2n) is 5.84. The first-order valence-electron chi connectivity index (χ1n) is 8.22. The Kier molecular flexibility index (Phi) is 4.59. The van der Waals surface area contributed by atoms with E-state index in [0.717, 1.165) is 7.11 Å². The van der Waals surface area contributed by atoms with Gasteiger partial charge in [0.25, 0.3) is 10.0 Å². The van der Waals surface area contributed by atoms with E-state index in [1.165, 1.54) is 53.3 Å².